The molecule has 0 aromatic rings. The van der Waals surface area contributed by atoms with Crippen molar-refractivity contribution in [2.24, 2.45) is 4.99 Å². The van der Waals surface area contributed by atoms with Gasteiger partial charge in [0.15, 0.2) is 0 Å². The summed E-state index contributed by atoms with van der Waals surface area (Å²) in [5.41, 5.74) is 0.759. The SMILES string of the molecule is C=C(Cl)/C(C)=N\C=C/C. The minimum Gasteiger partial charge on any atom is -0.260 e. The van der Waals surface area contributed by atoms with Crippen molar-refractivity contribution in [3.8, 4) is 0 Å². The van der Waals surface area contributed by atoms with E-state index in [9.17, 15) is 0 Å². The van der Waals surface area contributed by atoms with E-state index < -0.39 is 0 Å². The van der Waals surface area contributed by atoms with E-state index in [1.807, 2.05) is 19.9 Å². The summed E-state index contributed by atoms with van der Waals surface area (Å²) in [6.07, 6.45) is 3.52. The molecule has 0 rings (SSSR count). The van der Waals surface area contributed by atoms with Crippen LogP contribution < -0.4 is 0 Å². The average molecular weight is 144 g/mol. The predicted molar refractivity (Wildman–Crippen MR) is 42.9 cm³/mol. The van der Waals surface area contributed by atoms with Gasteiger partial charge in [-0.3, -0.25) is 4.99 Å². The lowest BCUT2D eigenvalue weighted by molar-refractivity contribution is 1.50. The van der Waals surface area contributed by atoms with Crippen LogP contribution in [0.15, 0.2) is 28.9 Å². The predicted octanol–water partition coefficient (Wildman–Crippen LogP) is 2.73. The number of hydrogen-bond donors (Lipinski definition) is 0. The highest BCUT2D eigenvalue weighted by atomic mass is 35.5. The maximum atomic E-state index is 5.50. The molecule has 50 valence electrons. The Morgan fingerprint density at radius 3 is 2.56 bits per heavy atom. The third-order valence-corrected chi connectivity index (χ3v) is 1.08. The summed E-state index contributed by atoms with van der Waals surface area (Å²) in [4.78, 5) is 3.95. The van der Waals surface area contributed by atoms with Crippen molar-refractivity contribution < 1.29 is 0 Å². The van der Waals surface area contributed by atoms with Gasteiger partial charge < -0.3 is 0 Å². The topological polar surface area (TPSA) is 12.4 Å². The van der Waals surface area contributed by atoms with Crippen molar-refractivity contribution >= 4 is 17.3 Å². The van der Waals surface area contributed by atoms with Gasteiger partial charge >= 0.3 is 0 Å². The molecule has 9 heavy (non-hydrogen) atoms. The molecular weight excluding hydrogens is 134 g/mol. The summed E-state index contributed by atoms with van der Waals surface area (Å²) < 4.78 is 0. The fourth-order valence-electron chi connectivity index (χ4n) is 0.256. The highest BCUT2D eigenvalue weighted by Gasteiger charge is 1.88. The summed E-state index contributed by atoms with van der Waals surface area (Å²) in [6, 6.07) is 0. The molecule has 0 saturated heterocycles. The van der Waals surface area contributed by atoms with Crippen molar-refractivity contribution in [2.75, 3.05) is 0 Å². The van der Waals surface area contributed by atoms with Crippen LogP contribution in [0.5, 0.6) is 0 Å². The molecule has 2 heteroatoms. The van der Waals surface area contributed by atoms with Crippen LogP contribution in [0.25, 0.3) is 0 Å². The maximum Gasteiger partial charge on any atom is 0.0552 e. The first-order chi connectivity index (χ1) is 4.18. The van der Waals surface area contributed by atoms with Gasteiger partial charge in [0.1, 0.15) is 0 Å². The number of allylic oxidation sites excluding steroid dienone is 2. The Morgan fingerprint density at radius 2 is 2.22 bits per heavy atom. The van der Waals surface area contributed by atoms with Gasteiger partial charge in [0.25, 0.3) is 0 Å². The number of aliphatic imine (C=N–C) groups is 1. The van der Waals surface area contributed by atoms with Crippen molar-refractivity contribution in [3.05, 3.63) is 23.9 Å². The Bertz CT molecular complexity index is 156. The van der Waals surface area contributed by atoms with E-state index in [0.29, 0.717) is 5.03 Å². The standard InChI is InChI=1S/C7H10ClN/c1-4-5-9-7(3)6(2)8/h4-5H,2H2,1,3H3/b5-4-,9-7-. The van der Waals surface area contributed by atoms with Gasteiger partial charge in [-0.2, -0.15) is 0 Å². The van der Waals surface area contributed by atoms with Gasteiger partial charge in [-0.25, -0.2) is 0 Å². The quantitative estimate of drug-likeness (QED) is 0.527. The number of hydrogen-bond acceptors (Lipinski definition) is 1. The molecule has 0 N–H and O–H groups in total. The number of nitrogens with zero attached hydrogens (tertiary/aromatic N) is 1. The Balaban J connectivity index is 4.00. The number of halogens is 1. The molecule has 0 heterocycles. The summed E-state index contributed by atoms with van der Waals surface area (Å²) in [6.45, 7) is 7.22. The highest BCUT2D eigenvalue weighted by Crippen LogP contribution is 1.99. The molecule has 0 amide bonds. The Kier molecular flexibility index (Phi) is 4.06. The second-order valence-electron chi connectivity index (χ2n) is 1.60. The van der Waals surface area contributed by atoms with E-state index in [1.165, 1.54) is 0 Å². The van der Waals surface area contributed by atoms with Crippen molar-refractivity contribution in [1.29, 1.82) is 0 Å². The van der Waals surface area contributed by atoms with Crippen molar-refractivity contribution in [1.82, 2.24) is 0 Å². The highest BCUT2D eigenvalue weighted by molar-refractivity contribution is 6.42. The molecule has 0 radical (unpaired) electrons. The summed E-state index contributed by atoms with van der Waals surface area (Å²) in [7, 11) is 0. The second-order valence-corrected chi connectivity index (χ2v) is 2.06. The first-order valence-electron chi connectivity index (χ1n) is 2.69. The third kappa shape index (κ3) is 3.98. The van der Waals surface area contributed by atoms with Gasteiger partial charge in [-0.05, 0) is 13.8 Å². The van der Waals surface area contributed by atoms with E-state index in [4.69, 9.17) is 11.6 Å². The fourth-order valence-corrected chi connectivity index (χ4v) is 0.305. The van der Waals surface area contributed by atoms with Crippen LogP contribution in [0.1, 0.15) is 13.8 Å². The minimum atomic E-state index is 0.494. The third-order valence-electron chi connectivity index (χ3n) is 0.810. The number of rotatable bonds is 2. The lowest BCUT2D eigenvalue weighted by Gasteiger charge is -1.89. The first-order valence-corrected chi connectivity index (χ1v) is 3.06. The molecule has 0 fully saturated rings. The van der Waals surface area contributed by atoms with Gasteiger partial charge in [-0.1, -0.05) is 24.3 Å². The Labute approximate surface area is 60.7 Å². The van der Waals surface area contributed by atoms with Crippen LogP contribution >= 0.6 is 11.6 Å². The molecule has 0 aromatic carbocycles. The van der Waals surface area contributed by atoms with Crippen LogP contribution in [0.3, 0.4) is 0 Å². The zero-order valence-electron chi connectivity index (χ0n) is 5.69. The molecule has 0 aromatic heterocycles. The molecule has 0 aliphatic carbocycles. The minimum absolute atomic E-state index is 0.494. The Morgan fingerprint density at radius 1 is 1.67 bits per heavy atom. The van der Waals surface area contributed by atoms with Crippen LogP contribution in [-0.2, 0) is 0 Å². The van der Waals surface area contributed by atoms with Crippen LogP contribution in [0, 0.1) is 0 Å². The molecule has 0 bridgehead atoms. The molecule has 0 aliphatic heterocycles. The monoisotopic (exact) mass is 143 g/mol. The van der Waals surface area contributed by atoms with Gasteiger partial charge in [0, 0.05) is 6.20 Å². The van der Waals surface area contributed by atoms with Gasteiger partial charge in [0.2, 0.25) is 0 Å². The zero-order valence-corrected chi connectivity index (χ0v) is 6.44. The molecule has 0 spiro atoms. The van der Waals surface area contributed by atoms with Gasteiger partial charge in [0.05, 0.1) is 10.7 Å². The summed E-state index contributed by atoms with van der Waals surface area (Å²) >= 11 is 5.50. The van der Waals surface area contributed by atoms with Gasteiger partial charge in [-0.15, -0.1) is 0 Å². The van der Waals surface area contributed by atoms with Crippen LogP contribution in [0.4, 0.5) is 0 Å². The van der Waals surface area contributed by atoms with Crippen molar-refractivity contribution in [3.63, 3.8) is 0 Å². The largest absolute Gasteiger partial charge is 0.260 e. The molecule has 1 nitrogen and oxygen atoms in total. The van der Waals surface area contributed by atoms with E-state index in [2.05, 4.69) is 11.6 Å². The zero-order chi connectivity index (χ0) is 7.28. The Hall–Kier alpha value is -0.560. The smallest absolute Gasteiger partial charge is 0.0552 e. The molecule has 0 atom stereocenters. The summed E-state index contributed by atoms with van der Waals surface area (Å²) in [5.74, 6) is 0. The van der Waals surface area contributed by atoms with Crippen LogP contribution in [-0.4, -0.2) is 5.71 Å². The van der Waals surface area contributed by atoms with E-state index >= 15 is 0 Å². The average Bonchev–Trinajstić information content (AvgIpc) is 1.82. The molecular formula is C7H10ClN. The molecule has 0 aliphatic rings. The molecule has 0 saturated carbocycles. The second kappa shape index (κ2) is 4.33. The molecule has 0 unspecified atom stereocenters. The maximum absolute atomic E-state index is 5.50. The van der Waals surface area contributed by atoms with E-state index in [1.54, 1.807) is 6.20 Å². The van der Waals surface area contributed by atoms with E-state index in [0.717, 1.165) is 5.71 Å². The fraction of sp³-hybridized carbons (Fsp3) is 0.286. The first kappa shape index (κ1) is 8.44. The normalized spacial score (nSPS) is 12.6. The van der Waals surface area contributed by atoms with Crippen molar-refractivity contribution in [2.45, 2.75) is 13.8 Å². The summed E-state index contributed by atoms with van der Waals surface area (Å²) in [5, 5.41) is 0.494. The lowest BCUT2D eigenvalue weighted by atomic mass is 10.4. The van der Waals surface area contributed by atoms with E-state index in [-0.39, 0.29) is 0 Å². The van der Waals surface area contributed by atoms with Crippen LogP contribution in [0.2, 0.25) is 0 Å². The lowest BCUT2D eigenvalue weighted by Crippen LogP contribution is -1.85.